The third kappa shape index (κ3) is 21.5. The standard InChI is InChI=1S/C16H19ClN2O.C15H13ClN2O.C14H17ClN2O.2C13H15ClN2O.C13H16N2O.CH4/c1-11(19-8-3-2-4-9-19)13-10-14(17)12-6-5-7-18-15(12)16(13)20;1-10(18-7-2-3-8-18)12-9-13(16)11-5-4-6-17-14(11)15(12)19;1-3-17(4-2)9-11-12(15)8-10-6-5-7-16-13(10)14(11)18;2*1-2-5-15-8-9-7-11(14)10-4-3-6-16-12(10)13(9)17;1-2-7-14-9-11-6-5-10-4-3-8-15-12(10)13(11)16;/h5-7,10-11,20H,2-4,8-9H2,1H3;2-10,19H,1H3;5-8,18H,3-4,9H2,1-2H3;2*3-4,6-7,15,17H,2,5,8H2,1H3;3-6,8,14,16H,2,7,9H2,1H3;1H4. The second-order valence-electron chi connectivity index (χ2n) is 25.9. The SMILES string of the molecule is C.CC(c1cc(Cl)c2cccnc2c1O)N1CCCCC1.CC(c1cc(Cl)c2cccnc2c1O)n1cccc1.CCCNCc1cc(Cl)c2cccnc2c1O.CCCNCc1cc(Cl)c2cccnc2c1O.CCCNCc1ccc2cccnc2c1O.CCN(CC)Cc1c(Cl)cc2cccnc2c1O. The number of phenols is 6. The molecule has 0 saturated carbocycles. The number of likely N-dealkylation sites (tertiary alicyclic amines) is 1. The van der Waals surface area contributed by atoms with Crippen molar-refractivity contribution in [1.82, 2.24) is 60.2 Å². The number of nitrogens with one attached hydrogen (secondary N) is 3. The third-order valence-corrected chi connectivity index (χ3v) is 20.2. The Labute approximate surface area is 658 Å². The van der Waals surface area contributed by atoms with Crippen molar-refractivity contribution in [2.75, 3.05) is 45.8 Å². The molecule has 1 aliphatic rings. The highest BCUT2D eigenvalue weighted by Gasteiger charge is 2.24. The molecule has 2 atom stereocenters. The summed E-state index contributed by atoms with van der Waals surface area (Å²) in [6.07, 6.45) is 20.9. The average molecular weight is 1560 g/mol. The number of rotatable bonds is 20. The Bertz CT molecular complexity index is 4950. The molecule has 1 fully saturated rings. The van der Waals surface area contributed by atoms with Crippen molar-refractivity contribution in [3.05, 3.63) is 235 Å². The lowest BCUT2D eigenvalue weighted by molar-refractivity contribution is 0.172. The fourth-order valence-corrected chi connectivity index (χ4v) is 14.0. The first kappa shape index (κ1) is 84.7. The maximum Gasteiger partial charge on any atom is 0.147 e. The predicted molar refractivity (Wildman–Crippen MR) is 447 cm³/mol. The van der Waals surface area contributed by atoms with Crippen LogP contribution < -0.4 is 16.0 Å². The van der Waals surface area contributed by atoms with Gasteiger partial charge in [0.1, 0.15) is 67.6 Å². The second-order valence-corrected chi connectivity index (χ2v) is 27.9. The summed E-state index contributed by atoms with van der Waals surface area (Å²) in [7, 11) is 0. The molecule has 23 heteroatoms. The average Bonchev–Trinajstić information content (AvgIpc) is 0.974. The Hall–Kier alpha value is -8.89. The van der Waals surface area contributed by atoms with Gasteiger partial charge in [0.2, 0.25) is 0 Å². The zero-order valence-electron chi connectivity index (χ0n) is 61.5. The normalized spacial score (nSPS) is 12.6. The summed E-state index contributed by atoms with van der Waals surface area (Å²) in [4.78, 5) is 29.9. The number of pyridine rings is 6. The van der Waals surface area contributed by atoms with Gasteiger partial charge in [-0.1, -0.05) is 131 Å². The number of hydrogen-bond acceptors (Lipinski definition) is 17. The van der Waals surface area contributed by atoms with Crippen LogP contribution in [0.3, 0.4) is 0 Å². The zero-order valence-corrected chi connectivity index (χ0v) is 65.3. The summed E-state index contributed by atoms with van der Waals surface area (Å²) < 4.78 is 2.01. The van der Waals surface area contributed by atoms with Crippen molar-refractivity contribution in [2.24, 2.45) is 0 Å². The molecule has 14 rings (SSSR count). The van der Waals surface area contributed by atoms with Crippen LogP contribution in [0.25, 0.3) is 65.4 Å². The van der Waals surface area contributed by atoms with E-state index in [0.717, 1.165) is 131 Å². The highest BCUT2D eigenvalue weighted by atomic mass is 35.5. The van der Waals surface area contributed by atoms with E-state index in [9.17, 15) is 30.6 Å². The lowest BCUT2D eigenvalue weighted by Gasteiger charge is -2.33. The van der Waals surface area contributed by atoms with E-state index in [4.69, 9.17) is 58.0 Å². The molecule has 0 radical (unpaired) electrons. The number of fused-ring (bicyclic) bond motifs is 6. The van der Waals surface area contributed by atoms with Crippen LogP contribution in [0.1, 0.15) is 140 Å². The van der Waals surface area contributed by atoms with E-state index < -0.39 is 0 Å². The number of phenolic OH excluding ortho intramolecular Hbond substituents is 6. The minimum Gasteiger partial charge on any atom is -0.505 e. The molecule has 8 heterocycles. The molecular weight excluding hydrogens is 1460 g/mol. The number of halogens is 5. The molecule has 7 aromatic heterocycles. The summed E-state index contributed by atoms with van der Waals surface area (Å²) >= 11 is 31.2. The molecule has 0 amide bonds. The van der Waals surface area contributed by atoms with Gasteiger partial charge in [-0.2, -0.15) is 0 Å². The number of piperidine rings is 1. The maximum atomic E-state index is 10.5. The van der Waals surface area contributed by atoms with Gasteiger partial charge >= 0.3 is 0 Å². The van der Waals surface area contributed by atoms with Gasteiger partial charge in [0, 0.05) is 153 Å². The molecule has 0 aliphatic carbocycles. The van der Waals surface area contributed by atoms with Crippen molar-refractivity contribution in [3.8, 4) is 34.5 Å². The van der Waals surface area contributed by atoms with E-state index in [2.05, 4.69) is 97.2 Å². The van der Waals surface area contributed by atoms with Gasteiger partial charge in [0.05, 0.1) is 26.1 Å². The molecule has 1 aliphatic heterocycles. The van der Waals surface area contributed by atoms with E-state index in [1.807, 2.05) is 139 Å². The molecule has 570 valence electrons. The van der Waals surface area contributed by atoms with Crippen molar-refractivity contribution in [2.45, 2.75) is 133 Å². The highest BCUT2D eigenvalue weighted by Crippen LogP contribution is 2.41. The number of benzene rings is 6. The summed E-state index contributed by atoms with van der Waals surface area (Å²) in [5, 5.41) is 79.3. The summed E-state index contributed by atoms with van der Waals surface area (Å²) in [5.41, 5.74) is 8.44. The van der Waals surface area contributed by atoms with E-state index in [1.54, 1.807) is 49.3 Å². The Morgan fingerprint density at radius 1 is 0.398 bits per heavy atom. The first-order valence-electron chi connectivity index (χ1n) is 36.4. The van der Waals surface area contributed by atoms with Crippen LogP contribution in [-0.4, -0.2) is 121 Å². The van der Waals surface area contributed by atoms with Crippen molar-refractivity contribution in [3.63, 3.8) is 0 Å². The molecule has 9 N–H and O–H groups in total. The first-order valence-corrected chi connectivity index (χ1v) is 38.3. The molecule has 6 aromatic carbocycles. The maximum absolute atomic E-state index is 10.5. The van der Waals surface area contributed by atoms with Crippen LogP contribution in [0.4, 0.5) is 0 Å². The molecule has 13 aromatic rings. The Morgan fingerprint density at radius 2 is 0.769 bits per heavy atom. The number of nitrogens with zero attached hydrogens (tertiary/aromatic N) is 9. The highest BCUT2D eigenvalue weighted by molar-refractivity contribution is 6.37. The van der Waals surface area contributed by atoms with Gasteiger partial charge < -0.3 is 51.2 Å². The summed E-state index contributed by atoms with van der Waals surface area (Å²) in [6.45, 7) is 24.0. The van der Waals surface area contributed by atoms with Gasteiger partial charge in [-0.25, -0.2) is 0 Å². The van der Waals surface area contributed by atoms with E-state index in [-0.39, 0.29) is 48.3 Å². The topological polar surface area (TPSA) is 246 Å². The third-order valence-electron chi connectivity index (χ3n) is 18.6. The monoisotopic (exact) mass is 1560 g/mol. The number of hydrogen-bond donors (Lipinski definition) is 9. The van der Waals surface area contributed by atoms with E-state index in [0.29, 0.717) is 90.1 Å². The Kier molecular flexibility index (Phi) is 33.1. The first-order chi connectivity index (χ1) is 51.8. The van der Waals surface area contributed by atoms with Crippen LogP contribution >= 0.6 is 58.0 Å². The Balaban J connectivity index is 0.000000163. The number of aromatic nitrogens is 7. The molecule has 0 bridgehead atoms. The van der Waals surface area contributed by atoms with Crippen molar-refractivity contribution < 1.29 is 30.6 Å². The molecule has 0 spiro atoms. The van der Waals surface area contributed by atoms with Crippen LogP contribution in [-0.2, 0) is 26.2 Å². The fourth-order valence-electron chi connectivity index (χ4n) is 12.6. The summed E-state index contributed by atoms with van der Waals surface area (Å²) in [5.74, 6) is 1.39. The smallest absolute Gasteiger partial charge is 0.147 e. The van der Waals surface area contributed by atoms with Crippen LogP contribution in [0.5, 0.6) is 34.5 Å². The van der Waals surface area contributed by atoms with Gasteiger partial charge in [-0.15, -0.1) is 0 Å². The Morgan fingerprint density at radius 3 is 1.20 bits per heavy atom. The summed E-state index contributed by atoms with van der Waals surface area (Å²) in [6, 6.07) is 39.4. The van der Waals surface area contributed by atoms with Gasteiger partial charge in [-0.05, 0) is 195 Å². The van der Waals surface area contributed by atoms with Crippen molar-refractivity contribution >= 4 is 123 Å². The van der Waals surface area contributed by atoms with Gasteiger partial charge in [0.15, 0.2) is 0 Å². The molecule has 18 nitrogen and oxygen atoms in total. The van der Waals surface area contributed by atoms with Crippen molar-refractivity contribution in [1.29, 1.82) is 0 Å². The fraction of sp³-hybridized carbons (Fsp3) is 0.318. The quantitative estimate of drug-likeness (QED) is 0.0322. The zero-order chi connectivity index (χ0) is 76.5. The predicted octanol–water partition coefficient (Wildman–Crippen LogP) is 20.8. The van der Waals surface area contributed by atoms with E-state index >= 15 is 0 Å². The molecular formula is C85H99Cl5N12O6. The van der Waals surface area contributed by atoms with Gasteiger partial charge in [-0.3, -0.25) is 39.7 Å². The lowest BCUT2D eigenvalue weighted by Crippen LogP contribution is -2.32. The number of aromatic hydroxyl groups is 6. The largest absolute Gasteiger partial charge is 0.505 e. The minimum absolute atomic E-state index is 0. The second kappa shape index (κ2) is 42.2. The van der Waals surface area contributed by atoms with Crippen LogP contribution in [0, 0.1) is 0 Å². The van der Waals surface area contributed by atoms with E-state index in [1.165, 1.54) is 19.3 Å². The van der Waals surface area contributed by atoms with Crippen LogP contribution in [0.2, 0.25) is 25.1 Å². The molecule has 108 heavy (non-hydrogen) atoms. The molecule has 1 saturated heterocycles. The van der Waals surface area contributed by atoms with Gasteiger partial charge in [0.25, 0.3) is 0 Å². The lowest BCUT2D eigenvalue weighted by atomic mass is 10.0. The molecule has 2 unspecified atom stereocenters. The minimum atomic E-state index is -0.00101. The van der Waals surface area contributed by atoms with Crippen LogP contribution in [0.15, 0.2) is 177 Å².